The number of benzene rings is 1. The van der Waals surface area contributed by atoms with E-state index < -0.39 is 0 Å². The lowest BCUT2D eigenvalue weighted by Gasteiger charge is -2.13. The Morgan fingerprint density at radius 1 is 0.432 bits per heavy atom. The van der Waals surface area contributed by atoms with Gasteiger partial charge in [0.15, 0.2) is 11.5 Å². The van der Waals surface area contributed by atoms with Crippen LogP contribution in [0.1, 0.15) is 155 Å². The van der Waals surface area contributed by atoms with Crippen molar-refractivity contribution in [3.05, 3.63) is 22.9 Å². The van der Waals surface area contributed by atoms with Gasteiger partial charge in [-0.25, -0.2) is 0 Å². The van der Waals surface area contributed by atoms with Gasteiger partial charge in [-0.15, -0.1) is 0 Å². The zero-order valence-electron chi connectivity index (χ0n) is 24.5. The Morgan fingerprint density at radius 2 is 0.730 bits per heavy atom. The molecule has 0 saturated carbocycles. The molecule has 0 unspecified atom stereocenters. The number of hydrogen-bond donors (Lipinski definition) is 0. The second kappa shape index (κ2) is 22.7. The summed E-state index contributed by atoms with van der Waals surface area (Å²) in [5, 5.41) is 6.94. The number of thiophene rings is 1. The van der Waals surface area contributed by atoms with Crippen LogP contribution in [0.3, 0.4) is 0 Å². The van der Waals surface area contributed by atoms with Crippen LogP contribution in [0.4, 0.5) is 0 Å². The highest BCUT2D eigenvalue weighted by Gasteiger charge is 2.09. The van der Waals surface area contributed by atoms with Gasteiger partial charge in [0.2, 0.25) is 0 Å². The average molecular weight is 531 g/mol. The first-order valence-corrected chi connectivity index (χ1v) is 17.0. The lowest BCUT2D eigenvalue weighted by atomic mass is 10.0. The highest BCUT2D eigenvalue weighted by molar-refractivity contribution is 7.09. The van der Waals surface area contributed by atoms with Crippen LogP contribution in [0.2, 0.25) is 0 Å². The van der Waals surface area contributed by atoms with Crippen LogP contribution in [0.15, 0.2) is 22.9 Å². The summed E-state index contributed by atoms with van der Waals surface area (Å²) >= 11 is 1.75. The van der Waals surface area contributed by atoms with Gasteiger partial charge in [-0.2, -0.15) is 11.3 Å². The smallest absolute Gasteiger partial charge is 0.161 e. The minimum Gasteiger partial charge on any atom is -0.490 e. The standard InChI is InChI=1S/C34H58O2S/c1-3-5-7-9-11-13-14-15-16-17-18-20-22-24-26-36-34-28-32-30-37-29-31(32)27-33(34)35-25-23-21-19-12-10-8-6-4-2/h27-30H,3-26H2,1-2H3. The van der Waals surface area contributed by atoms with E-state index in [9.17, 15) is 0 Å². The Labute approximate surface area is 233 Å². The Kier molecular flexibility index (Phi) is 19.7. The van der Waals surface area contributed by atoms with Gasteiger partial charge in [0, 0.05) is 0 Å². The first kappa shape index (κ1) is 32.0. The number of hydrogen-bond acceptors (Lipinski definition) is 3. The van der Waals surface area contributed by atoms with Gasteiger partial charge in [0.25, 0.3) is 0 Å². The van der Waals surface area contributed by atoms with Gasteiger partial charge >= 0.3 is 0 Å². The summed E-state index contributed by atoms with van der Waals surface area (Å²) in [6.07, 6.45) is 30.0. The highest BCUT2D eigenvalue weighted by atomic mass is 32.1. The van der Waals surface area contributed by atoms with Crippen LogP contribution in [-0.4, -0.2) is 13.2 Å². The molecule has 37 heavy (non-hydrogen) atoms. The molecule has 2 rings (SSSR count). The maximum absolute atomic E-state index is 6.23. The highest BCUT2D eigenvalue weighted by Crippen LogP contribution is 2.34. The third-order valence-electron chi connectivity index (χ3n) is 7.55. The molecule has 0 atom stereocenters. The molecule has 0 saturated heterocycles. The van der Waals surface area contributed by atoms with E-state index in [2.05, 4.69) is 36.7 Å². The summed E-state index contributed by atoms with van der Waals surface area (Å²) in [6, 6.07) is 4.36. The molecular weight excluding hydrogens is 472 g/mol. The molecule has 2 aromatic rings. The fourth-order valence-corrected chi connectivity index (χ4v) is 5.87. The minimum atomic E-state index is 0.791. The molecule has 0 aliphatic rings. The number of rotatable bonds is 26. The summed E-state index contributed by atoms with van der Waals surface area (Å²) < 4.78 is 12.4. The van der Waals surface area contributed by atoms with Crippen LogP contribution in [-0.2, 0) is 0 Å². The van der Waals surface area contributed by atoms with E-state index in [0.29, 0.717) is 0 Å². The van der Waals surface area contributed by atoms with Crippen molar-refractivity contribution >= 4 is 22.1 Å². The third kappa shape index (κ3) is 15.7. The fourth-order valence-electron chi connectivity index (χ4n) is 5.10. The summed E-state index contributed by atoms with van der Waals surface area (Å²) in [5.41, 5.74) is 0. The second-order valence-electron chi connectivity index (χ2n) is 11.1. The lowest BCUT2D eigenvalue weighted by Crippen LogP contribution is -2.03. The van der Waals surface area contributed by atoms with E-state index in [-0.39, 0.29) is 0 Å². The van der Waals surface area contributed by atoms with Crippen molar-refractivity contribution < 1.29 is 9.47 Å². The largest absolute Gasteiger partial charge is 0.490 e. The van der Waals surface area contributed by atoms with E-state index in [4.69, 9.17) is 9.47 Å². The molecule has 1 heterocycles. The van der Waals surface area contributed by atoms with Gasteiger partial charge in [0.05, 0.1) is 13.2 Å². The Hall–Kier alpha value is -1.22. The molecule has 0 fully saturated rings. The molecule has 0 bridgehead atoms. The maximum Gasteiger partial charge on any atom is 0.161 e. The van der Waals surface area contributed by atoms with Crippen LogP contribution < -0.4 is 9.47 Å². The fraction of sp³-hybridized carbons (Fsp3) is 0.765. The quantitative estimate of drug-likeness (QED) is 0.113. The van der Waals surface area contributed by atoms with Crippen molar-refractivity contribution in [1.29, 1.82) is 0 Å². The number of unbranched alkanes of at least 4 members (excludes halogenated alkanes) is 20. The molecule has 1 aromatic carbocycles. The molecule has 0 aliphatic heterocycles. The molecule has 212 valence electrons. The van der Waals surface area contributed by atoms with Crippen LogP contribution in [0.5, 0.6) is 11.5 Å². The molecule has 1 aromatic heterocycles. The van der Waals surface area contributed by atoms with Crippen molar-refractivity contribution in [1.82, 2.24) is 0 Å². The van der Waals surface area contributed by atoms with Gasteiger partial charge < -0.3 is 9.47 Å². The third-order valence-corrected chi connectivity index (χ3v) is 8.33. The Bertz CT molecular complexity index is 768. The Balaban J connectivity index is 1.53. The van der Waals surface area contributed by atoms with Crippen LogP contribution in [0.25, 0.3) is 10.8 Å². The molecule has 0 aliphatic carbocycles. The van der Waals surface area contributed by atoms with Gasteiger partial charge in [0.1, 0.15) is 0 Å². The predicted molar refractivity (Wildman–Crippen MR) is 166 cm³/mol. The predicted octanol–water partition coefficient (Wildman–Crippen LogP) is 12.3. The molecule has 0 radical (unpaired) electrons. The van der Waals surface area contributed by atoms with E-state index in [1.165, 1.54) is 139 Å². The molecule has 0 N–H and O–H groups in total. The molecule has 3 heteroatoms. The monoisotopic (exact) mass is 530 g/mol. The van der Waals surface area contributed by atoms with Gasteiger partial charge in [-0.1, -0.05) is 142 Å². The zero-order valence-corrected chi connectivity index (χ0v) is 25.3. The van der Waals surface area contributed by atoms with Crippen LogP contribution >= 0.6 is 11.3 Å². The number of fused-ring (bicyclic) bond motifs is 1. The van der Waals surface area contributed by atoms with Crippen molar-refractivity contribution in [2.45, 2.75) is 155 Å². The normalized spacial score (nSPS) is 11.4. The SMILES string of the molecule is CCCCCCCCCCCCCCCCOc1cc2cscc2cc1OCCCCCCCCCC. The molecule has 0 amide bonds. The van der Waals surface area contributed by atoms with Crippen molar-refractivity contribution in [3.8, 4) is 11.5 Å². The van der Waals surface area contributed by atoms with Gasteiger partial charge in [-0.05, 0) is 46.5 Å². The summed E-state index contributed by atoms with van der Waals surface area (Å²) in [7, 11) is 0. The average Bonchev–Trinajstić information content (AvgIpc) is 3.37. The van der Waals surface area contributed by atoms with Gasteiger partial charge in [-0.3, -0.25) is 0 Å². The first-order valence-electron chi connectivity index (χ1n) is 16.1. The topological polar surface area (TPSA) is 18.5 Å². The van der Waals surface area contributed by atoms with E-state index in [1.54, 1.807) is 11.3 Å². The molecular formula is C34H58O2S. The Morgan fingerprint density at radius 3 is 1.05 bits per heavy atom. The van der Waals surface area contributed by atoms with E-state index in [0.717, 1.165) is 37.6 Å². The minimum absolute atomic E-state index is 0.791. The van der Waals surface area contributed by atoms with Crippen molar-refractivity contribution in [2.75, 3.05) is 13.2 Å². The summed E-state index contributed by atoms with van der Waals surface area (Å²) in [5.74, 6) is 1.86. The van der Waals surface area contributed by atoms with E-state index >= 15 is 0 Å². The second-order valence-corrected chi connectivity index (χ2v) is 11.8. The van der Waals surface area contributed by atoms with Crippen molar-refractivity contribution in [3.63, 3.8) is 0 Å². The number of ether oxygens (including phenoxy) is 2. The maximum atomic E-state index is 6.23. The first-order chi connectivity index (χ1) is 18.3. The summed E-state index contributed by atoms with van der Waals surface area (Å²) in [4.78, 5) is 0. The van der Waals surface area contributed by atoms with E-state index in [1.807, 2.05) is 0 Å². The zero-order chi connectivity index (χ0) is 26.2. The van der Waals surface area contributed by atoms with Crippen molar-refractivity contribution in [2.24, 2.45) is 0 Å². The molecule has 2 nitrogen and oxygen atoms in total. The van der Waals surface area contributed by atoms with Crippen LogP contribution in [0, 0.1) is 0 Å². The summed E-state index contributed by atoms with van der Waals surface area (Å²) in [6.45, 7) is 6.16. The molecule has 0 spiro atoms. The lowest BCUT2D eigenvalue weighted by molar-refractivity contribution is 0.259.